The maximum atomic E-state index is 4.79. The third-order valence-electron chi connectivity index (χ3n) is 3.97. The van der Waals surface area contributed by atoms with E-state index in [1.54, 1.807) is 0 Å². The van der Waals surface area contributed by atoms with Crippen molar-refractivity contribution in [1.82, 2.24) is 9.97 Å². The van der Waals surface area contributed by atoms with Crippen LogP contribution in [0.2, 0.25) is 0 Å². The Hall–Kier alpha value is -1.61. The lowest BCUT2D eigenvalue weighted by molar-refractivity contribution is 0.779. The molecule has 0 amide bonds. The van der Waals surface area contributed by atoms with Crippen molar-refractivity contribution in [1.29, 1.82) is 0 Å². The zero-order valence-corrected chi connectivity index (χ0v) is 11.9. The molecular formula is C16H13BrN2. The molecule has 3 heteroatoms. The van der Waals surface area contributed by atoms with Gasteiger partial charge < -0.3 is 4.98 Å². The van der Waals surface area contributed by atoms with E-state index >= 15 is 0 Å². The van der Waals surface area contributed by atoms with Gasteiger partial charge in [0.25, 0.3) is 0 Å². The van der Waals surface area contributed by atoms with E-state index in [1.165, 1.54) is 18.4 Å². The Kier molecular flexibility index (Phi) is 2.33. The second-order valence-electron chi connectivity index (χ2n) is 5.20. The van der Waals surface area contributed by atoms with Gasteiger partial charge in [-0.25, -0.2) is 4.98 Å². The number of benzene rings is 2. The summed E-state index contributed by atoms with van der Waals surface area (Å²) in [6.07, 6.45) is 2.36. The van der Waals surface area contributed by atoms with Gasteiger partial charge in [0.05, 0.1) is 16.4 Å². The number of aromatic nitrogens is 2. The molecule has 0 unspecified atom stereocenters. The zero-order chi connectivity index (χ0) is 12.9. The van der Waals surface area contributed by atoms with Gasteiger partial charge in [-0.1, -0.05) is 46.3 Å². The van der Waals surface area contributed by atoms with Gasteiger partial charge in [-0.15, -0.1) is 0 Å². The van der Waals surface area contributed by atoms with Crippen molar-refractivity contribution in [2.45, 2.75) is 18.3 Å². The average Bonchev–Trinajstić information content (AvgIpc) is 3.14. The van der Waals surface area contributed by atoms with Gasteiger partial charge in [0, 0.05) is 4.47 Å². The zero-order valence-electron chi connectivity index (χ0n) is 10.4. The Labute approximate surface area is 120 Å². The molecule has 0 radical (unpaired) electrons. The van der Waals surface area contributed by atoms with Gasteiger partial charge in [-0.05, 0) is 36.6 Å². The van der Waals surface area contributed by atoms with Gasteiger partial charge in [0.2, 0.25) is 0 Å². The number of hydrogen-bond donors (Lipinski definition) is 1. The van der Waals surface area contributed by atoms with E-state index in [1.807, 2.05) is 6.07 Å². The first-order valence-electron chi connectivity index (χ1n) is 6.49. The second-order valence-corrected chi connectivity index (χ2v) is 6.11. The number of fused-ring (bicyclic) bond motifs is 1. The van der Waals surface area contributed by atoms with E-state index in [4.69, 9.17) is 4.98 Å². The molecule has 0 bridgehead atoms. The van der Waals surface area contributed by atoms with Gasteiger partial charge in [-0.2, -0.15) is 0 Å². The summed E-state index contributed by atoms with van der Waals surface area (Å²) in [4.78, 5) is 8.28. The fourth-order valence-electron chi connectivity index (χ4n) is 2.75. The predicted molar refractivity (Wildman–Crippen MR) is 80.2 cm³/mol. The molecule has 1 saturated carbocycles. The average molecular weight is 313 g/mol. The number of rotatable bonds is 2. The molecule has 1 N–H and O–H groups in total. The van der Waals surface area contributed by atoms with Crippen molar-refractivity contribution in [3.63, 3.8) is 0 Å². The molecule has 94 valence electrons. The molecular weight excluding hydrogens is 300 g/mol. The molecule has 0 atom stereocenters. The van der Waals surface area contributed by atoms with Crippen molar-refractivity contribution in [2.75, 3.05) is 0 Å². The van der Waals surface area contributed by atoms with Crippen molar-refractivity contribution in [3.8, 4) is 0 Å². The lowest BCUT2D eigenvalue weighted by Crippen LogP contribution is -2.10. The third kappa shape index (κ3) is 1.72. The molecule has 2 nitrogen and oxygen atoms in total. The molecule has 2 aromatic carbocycles. The topological polar surface area (TPSA) is 28.7 Å². The van der Waals surface area contributed by atoms with Crippen LogP contribution in [0.25, 0.3) is 11.0 Å². The van der Waals surface area contributed by atoms with Crippen LogP contribution in [-0.4, -0.2) is 9.97 Å². The summed E-state index contributed by atoms with van der Waals surface area (Å²) < 4.78 is 1.08. The number of nitrogens with zero attached hydrogens (tertiary/aromatic N) is 1. The summed E-state index contributed by atoms with van der Waals surface area (Å²) >= 11 is 3.50. The van der Waals surface area contributed by atoms with Crippen LogP contribution in [0.1, 0.15) is 24.2 Å². The van der Waals surface area contributed by atoms with Crippen molar-refractivity contribution in [3.05, 3.63) is 64.4 Å². The summed E-state index contributed by atoms with van der Waals surface area (Å²) in [5.41, 5.74) is 3.63. The molecule has 1 aromatic heterocycles. The number of aromatic amines is 1. The Morgan fingerprint density at radius 3 is 2.58 bits per heavy atom. The quantitative estimate of drug-likeness (QED) is 0.746. The van der Waals surface area contributed by atoms with E-state index in [-0.39, 0.29) is 5.41 Å². The van der Waals surface area contributed by atoms with Crippen LogP contribution in [0.4, 0.5) is 0 Å². The normalized spacial score (nSPS) is 16.7. The minimum absolute atomic E-state index is 0.118. The highest BCUT2D eigenvalue weighted by molar-refractivity contribution is 9.10. The molecule has 0 saturated heterocycles. The van der Waals surface area contributed by atoms with Crippen molar-refractivity contribution >= 4 is 27.0 Å². The van der Waals surface area contributed by atoms with E-state index in [0.29, 0.717) is 0 Å². The van der Waals surface area contributed by atoms with Crippen LogP contribution < -0.4 is 0 Å². The highest BCUT2D eigenvalue weighted by Crippen LogP contribution is 2.52. The highest BCUT2D eigenvalue weighted by Gasteiger charge is 2.48. The Bertz CT molecular complexity index is 742. The number of imidazole rings is 1. The van der Waals surface area contributed by atoms with Crippen LogP contribution in [0.3, 0.4) is 0 Å². The summed E-state index contributed by atoms with van der Waals surface area (Å²) in [6.45, 7) is 0. The minimum Gasteiger partial charge on any atom is -0.341 e. The first kappa shape index (κ1) is 11.2. The fraction of sp³-hybridized carbons (Fsp3) is 0.188. The Balaban J connectivity index is 1.86. The van der Waals surface area contributed by atoms with Crippen molar-refractivity contribution < 1.29 is 0 Å². The molecule has 1 aliphatic carbocycles. The van der Waals surface area contributed by atoms with Crippen LogP contribution in [0.5, 0.6) is 0 Å². The van der Waals surface area contributed by atoms with E-state index in [2.05, 4.69) is 63.4 Å². The number of halogens is 1. The molecule has 0 spiro atoms. The van der Waals surface area contributed by atoms with Crippen molar-refractivity contribution in [2.24, 2.45) is 0 Å². The lowest BCUT2D eigenvalue weighted by Gasteiger charge is -2.12. The molecule has 4 rings (SSSR count). The first-order chi connectivity index (χ1) is 9.28. The SMILES string of the molecule is Brc1ccc2nc(C3(c4ccccc4)CC3)[nH]c2c1. The van der Waals surface area contributed by atoms with Gasteiger partial charge >= 0.3 is 0 Å². The minimum atomic E-state index is 0.118. The van der Waals surface area contributed by atoms with E-state index in [0.717, 1.165) is 21.3 Å². The largest absolute Gasteiger partial charge is 0.341 e. The Morgan fingerprint density at radius 1 is 1.05 bits per heavy atom. The number of hydrogen-bond acceptors (Lipinski definition) is 1. The predicted octanol–water partition coefficient (Wildman–Crippen LogP) is 4.41. The highest BCUT2D eigenvalue weighted by atomic mass is 79.9. The summed E-state index contributed by atoms with van der Waals surface area (Å²) in [5, 5.41) is 0. The van der Waals surface area contributed by atoms with Crippen LogP contribution in [0, 0.1) is 0 Å². The summed E-state index contributed by atoms with van der Waals surface area (Å²) in [6, 6.07) is 16.9. The maximum Gasteiger partial charge on any atom is 0.117 e. The van der Waals surface area contributed by atoms with Crippen LogP contribution >= 0.6 is 15.9 Å². The van der Waals surface area contributed by atoms with Crippen LogP contribution in [0.15, 0.2) is 53.0 Å². The first-order valence-corrected chi connectivity index (χ1v) is 7.29. The smallest absolute Gasteiger partial charge is 0.117 e. The second kappa shape index (κ2) is 3.94. The lowest BCUT2D eigenvalue weighted by atomic mass is 9.95. The third-order valence-corrected chi connectivity index (χ3v) is 4.47. The van der Waals surface area contributed by atoms with Crippen LogP contribution in [-0.2, 0) is 5.41 Å². The van der Waals surface area contributed by atoms with Gasteiger partial charge in [-0.3, -0.25) is 0 Å². The number of H-pyrrole nitrogens is 1. The Morgan fingerprint density at radius 2 is 1.84 bits per heavy atom. The fourth-order valence-corrected chi connectivity index (χ4v) is 3.11. The monoisotopic (exact) mass is 312 g/mol. The van der Waals surface area contributed by atoms with Gasteiger partial charge in [0.15, 0.2) is 0 Å². The number of nitrogens with one attached hydrogen (secondary N) is 1. The van der Waals surface area contributed by atoms with E-state index in [9.17, 15) is 0 Å². The molecule has 3 aromatic rings. The molecule has 1 aliphatic rings. The standard InChI is InChI=1S/C16H13BrN2/c17-12-6-7-13-14(10-12)19-15(18-13)16(8-9-16)11-4-2-1-3-5-11/h1-7,10H,8-9H2,(H,18,19). The maximum absolute atomic E-state index is 4.79. The van der Waals surface area contributed by atoms with E-state index < -0.39 is 0 Å². The molecule has 1 fully saturated rings. The molecule has 1 heterocycles. The van der Waals surface area contributed by atoms with Gasteiger partial charge in [0.1, 0.15) is 5.82 Å². The summed E-state index contributed by atoms with van der Waals surface area (Å²) in [5.74, 6) is 1.10. The molecule has 19 heavy (non-hydrogen) atoms. The summed E-state index contributed by atoms with van der Waals surface area (Å²) in [7, 11) is 0. The molecule has 0 aliphatic heterocycles.